The zero-order chi connectivity index (χ0) is 16.2. The summed E-state index contributed by atoms with van der Waals surface area (Å²) in [4.78, 5) is 0. The normalized spacial score (nSPS) is 9.86. The second kappa shape index (κ2) is 7.16. The predicted octanol–water partition coefficient (Wildman–Crippen LogP) is 4.81. The highest BCUT2D eigenvalue weighted by molar-refractivity contribution is 5.52. The predicted molar refractivity (Wildman–Crippen MR) is 92.3 cm³/mol. The van der Waals surface area contributed by atoms with Crippen LogP contribution in [0.2, 0.25) is 0 Å². The van der Waals surface area contributed by atoms with Gasteiger partial charge in [0.25, 0.3) is 0 Å². The molecule has 0 aliphatic rings. The Bertz CT molecular complexity index is 580. The van der Waals surface area contributed by atoms with E-state index in [9.17, 15) is 0 Å². The van der Waals surface area contributed by atoms with Gasteiger partial charge in [-0.15, -0.1) is 0 Å². The molecule has 2 N–H and O–H groups in total. The summed E-state index contributed by atoms with van der Waals surface area (Å²) in [5, 5.41) is 0. The van der Waals surface area contributed by atoms with E-state index in [1.54, 1.807) is 7.11 Å². The number of nitrogen functional groups attached to an aromatic ring is 1. The standard InChI is InChI=1S/C10H14O.C9H13N/c1-7-5-10(11-4)6-8(2)9(7)3;1-6-4-5-9(10)8(3)7(6)2/h5-6H,1-4H3;4-5H,10H2,1-3H3. The third-order valence-corrected chi connectivity index (χ3v) is 4.24. The molecule has 2 aromatic rings. The Morgan fingerprint density at radius 1 is 0.714 bits per heavy atom. The van der Waals surface area contributed by atoms with Crippen LogP contribution in [0.25, 0.3) is 0 Å². The summed E-state index contributed by atoms with van der Waals surface area (Å²) in [6.45, 7) is 12.6. The van der Waals surface area contributed by atoms with E-state index in [0.717, 1.165) is 11.4 Å². The first-order valence-electron chi connectivity index (χ1n) is 7.22. The Hall–Kier alpha value is -1.96. The Morgan fingerprint density at radius 3 is 1.67 bits per heavy atom. The molecule has 0 amide bonds. The van der Waals surface area contributed by atoms with Crippen molar-refractivity contribution in [2.45, 2.75) is 41.5 Å². The zero-order valence-corrected chi connectivity index (χ0v) is 14.3. The lowest BCUT2D eigenvalue weighted by atomic mass is 10.0. The lowest BCUT2D eigenvalue weighted by molar-refractivity contribution is 0.414. The molecule has 0 atom stereocenters. The quantitative estimate of drug-likeness (QED) is 0.763. The molecule has 0 aliphatic heterocycles. The Morgan fingerprint density at radius 2 is 1.24 bits per heavy atom. The van der Waals surface area contributed by atoms with Crippen molar-refractivity contribution in [3.05, 3.63) is 57.6 Å². The molecule has 0 fully saturated rings. The number of aryl methyl sites for hydroxylation is 3. The minimum atomic E-state index is 0.892. The summed E-state index contributed by atoms with van der Waals surface area (Å²) in [6.07, 6.45) is 0. The fraction of sp³-hybridized carbons (Fsp3) is 0.368. The van der Waals surface area contributed by atoms with Crippen LogP contribution in [-0.2, 0) is 0 Å². The van der Waals surface area contributed by atoms with E-state index in [4.69, 9.17) is 10.5 Å². The minimum Gasteiger partial charge on any atom is -0.497 e. The van der Waals surface area contributed by atoms with E-state index >= 15 is 0 Å². The minimum absolute atomic E-state index is 0.892. The van der Waals surface area contributed by atoms with Gasteiger partial charge in [-0.1, -0.05) is 6.07 Å². The summed E-state index contributed by atoms with van der Waals surface area (Å²) in [5.74, 6) is 0.950. The van der Waals surface area contributed by atoms with Gasteiger partial charge in [0.05, 0.1) is 7.11 Å². The Kier molecular flexibility index (Phi) is 5.83. The lowest BCUT2D eigenvalue weighted by Gasteiger charge is -2.07. The third kappa shape index (κ3) is 4.25. The van der Waals surface area contributed by atoms with Gasteiger partial charge in [-0.2, -0.15) is 0 Å². The van der Waals surface area contributed by atoms with Crippen molar-refractivity contribution in [3.63, 3.8) is 0 Å². The maximum Gasteiger partial charge on any atom is 0.119 e. The number of methoxy groups -OCH3 is 1. The van der Waals surface area contributed by atoms with E-state index in [0.29, 0.717) is 0 Å². The first-order chi connectivity index (χ1) is 9.77. The monoisotopic (exact) mass is 285 g/mol. The molecule has 0 heterocycles. The van der Waals surface area contributed by atoms with Crippen molar-refractivity contribution in [2.24, 2.45) is 0 Å². The van der Waals surface area contributed by atoms with Gasteiger partial charge in [0.15, 0.2) is 0 Å². The summed E-state index contributed by atoms with van der Waals surface area (Å²) < 4.78 is 5.13. The van der Waals surface area contributed by atoms with Gasteiger partial charge in [0.1, 0.15) is 5.75 Å². The lowest BCUT2D eigenvalue weighted by Crippen LogP contribution is -1.93. The molecule has 114 valence electrons. The van der Waals surface area contributed by atoms with E-state index < -0.39 is 0 Å². The largest absolute Gasteiger partial charge is 0.497 e. The maximum atomic E-state index is 5.69. The second-order valence-electron chi connectivity index (χ2n) is 5.61. The fourth-order valence-electron chi connectivity index (χ4n) is 2.09. The first-order valence-corrected chi connectivity index (χ1v) is 7.22. The molecule has 2 rings (SSSR count). The fourth-order valence-corrected chi connectivity index (χ4v) is 2.09. The second-order valence-corrected chi connectivity index (χ2v) is 5.61. The molecule has 0 saturated carbocycles. The van der Waals surface area contributed by atoms with Gasteiger partial charge in [-0.05, 0) is 93.1 Å². The van der Waals surface area contributed by atoms with Crippen molar-refractivity contribution in [2.75, 3.05) is 12.8 Å². The van der Waals surface area contributed by atoms with Crippen LogP contribution in [0.15, 0.2) is 24.3 Å². The molecule has 0 aliphatic carbocycles. The van der Waals surface area contributed by atoms with Crippen molar-refractivity contribution in [1.82, 2.24) is 0 Å². The van der Waals surface area contributed by atoms with Gasteiger partial charge in [0, 0.05) is 5.69 Å². The number of ether oxygens (including phenoxy) is 1. The number of anilines is 1. The molecule has 0 aromatic heterocycles. The molecule has 21 heavy (non-hydrogen) atoms. The maximum absolute atomic E-state index is 5.69. The van der Waals surface area contributed by atoms with Crippen LogP contribution >= 0.6 is 0 Å². The van der Waals surface area contributed by atoms with E-state index in [1.165, 1.54) is 33.4 Å². The number of hydrogen-bond acceptors (Lipinski definition) is 2. The van der Waals surface area contributed by atoms with Crippen LogP contribution in [-0.4, -0.2) is 7.11 Å². The molecule has 0 saturated heterocycles. The molecule has 2 nitrogen and oxygen atoms in total. The number of benzene rings is 2. The van der Waals surface area contributed by atoms with Gasteiger partial charge in [-0.3, -0.25) is 0 Å². The smallest absolute Gasteiger partial charge is 0.119 e. The average molecular weight is 285 g/mol. The van der Waals surface area contributed by atoms with Crippen molar-refractivity contribution in [3.8, 4) is 5.75 Å². The van der Waals surface area contributed by atoms with E-state index in [2.05, 4.69) is 59.7 Å². The molecule has 2 heteroatoms. The van der Waals surface area contributed by atoms with Crippen LogP contribution in [0.5, 0.6) is 5.75 Å². The summed E-state index contributed by atoms with van der Waals surface area (Å²) in [6, 6.07) is 8.12. The van der Waals surface area contributed by atoms with Gasteiger partial charge in [0.2, 0.25) is 0 Å². The molecular weight excluding hydrogens is 258 g/mol. The number of nitrogens with two attached hydrogens (primary N) is 1. The number of rotatable bonds is 1. The molecule has 0 spiro atoms. The topological polar surface area (TPSA) is 35.2 Å². The van der Waals surface area contributed by atoms with Crippen LogP contribution in [0.3, 0.4) is 0 Å². The van der Waals surface area contributed by atoms with Gasteiger partial charge in [-0.25, -0.2) is 0 Å². The van der Waals surface area contributed by atoms with Gasteiger partial charge >= 0.3 is 0 Å². The molecular formula is C19H27NO. The zero-order valence-electron chi connectivity index (χ0n) is 14.3. The van der Waals surface area contributed by atoms with Crippen LogP contribution in [0.4, 0.5) is 5.69 Å². The van der Waals surface area contributed by atoms with E-state index in [-0.39, 0.29) is 0 Å². The van der Waals surface area contributed by atoms with Crippen LogP contribution in [0, 0.1) is 41.5 Å². The van der Waals surface area contributed by atoms with Crippen molar-refractivity contribution in [1.29, 1.82) is 0 Å². The van der Waals surface area contributed by atoms with Crippen LogP contribution < -0.4 is 10.5 Å². The number of hydrogen-bond donors (Lipinski definition) is 1. The summed E-state index contributed by atoms with van der Waals surface area (Å²) >= 11 is 0. The molecule has 2 aromatic carbocycles. The third-order valence-electron chi connectivity index (χ3n) is 4.24. The van der Waals surface area contributed by atoms with Crippen molar-refractivity contribution >= 4 is 5.69 Å². The van der Waals surface area contributed by atoms with E-state index in [1.807, 2.05) is 6.07 Å². The van der Waals surface area contributed by atoms with Gasteiger partial charge < -0.3 is 10.5 Å². The summed E-state index contributed by atoms with van der Waals surface area (Å²) in [5.41, 5.74) is 14.3. The Labute approximate surface area is 129 Å². The highest BCUT2D eigenvalue weighted by atomic mass is 16.5. The highest BCUT2D eigenvalue weighted by Crippen LogP contribution is 2.20. The summed E-state index contributed by atoms with van der Waals surface area (Å²) in [7, 11) is 1.70. The first kappa shape index (κ1) is 17.1. The molecule has 0 unspecified atom stereocenters. The molecule has 0 radical (unpaired) electrons. The SMILES string of the molecule is COc1cc(C)c(C)c(C)c1.Cc1ccc(N)c(C)c1C. The van der Waals surface area contributed by atoms with Crippen molar-refractivity contribution < 1.29 is 4.74 Å². The van der Waals surface area contributed by atoms with Crippen LogP contribution in [0.1, 0.15) is 33.4 Å². The molecule has 0 bridgehead atoms. The Balaban J connectivity index is 0.000000211. The highest BCUT2D eigenvalue weighted by Gasteiger charge is 1.99. The average Bonchev–Trinajstić information content (AvgIpc) is 2.46.